The first-order chi connectivity index (χ1) is 14.1. The van der Waals surface area contributed by atoms with E-state index in [0.29, 0.717) is 29.6 Å². The van der Waals surface area contributed by atoms with Crippen molar-refractivity contribution in [3.8, 4) is 5.75 Å². The van der Waals surface area contributed by atoms with E-state index in [9.17, 15) is 9.59 Å². The number of benzene rings is 2. The Labute approximate surface area is 179 Å². The largest absolute Gasteiger partial charge is 0.483 e. The normalized spacial score (nSPS) is 16.4. The van der Waals surface area contributed by atoms with Crippen LogP contribution in [0.1, 0.15) is 30.1 Å². The van der Waals surface area contributed by atoms with Crippen LogP contribution in [0.5, 0.6) is 5.75 Å². The summed E-state index contributed by atoms with van der Waals surface area (Å²) in [5, 5.41) is 5.78. The number of rotatable bonds is 8. The zero-order chi connectivity index (χ0) is 20.6. The van der Waals surface area contributed by atoms with Crippen molar-refractivity contribution >= 4 is 33.4 Å². The summed E-state index contributed by atoms with van der Waals surface area (Å²) in [6.07, 6.45) is 2.27. The van der Waals surface area contributed by atoms with Crippen LogP contribution in [0.4, 0.5) is 5.69 Å². The number of hydrogen-bond acceptors (Lipinski definition) is 4. The minimum Gasteiger partial charge on any atom is -0.483 e. The molecule has 1 aliphatic rings. The Morgan fingerprint density at radius 2 is 1.93 bits per heavy atom. The van der Waals surface area contributed by atoms with E-state index < -0.39 is 0 Å². The molecule has 1 unspecified atom stereocenters. The lowest BCUT2D eigenvalue weighted by molar-refractivity contribution is -0.118. The summed E-state index contributed by atoms with van der Waals surface area (Å²) in [5.41, 5.74) is 1.12. The molecule has 2 aromatic carbocycles. The predicted molar refractivity (Wildman–Crippen MR) is 117 cm³/mol. The Kier molecular flexibility index (Phi) is 7.66. The number of nitrogens with one attached hydrogen (secondary N) is 2. The van der Waals surface area contributed by atoms with Crippen LogP contribution in [0.25, 0.3) is 0 Å². The van der Waals surface area contributed by atoms with E-state index in [1.807, 2.05) is 12.1 Å². The molecule has 1 fully saturated rings. The number of likely N-dealkylation sites (N-methyl/N-ethyl adjacent to an activating group) is 1. The Hall–Kier alpha value is -2.38. The van der Waals surface area contributed by atoms with Gasteiger partial charge in [0.15, 0.2) is 6.61 Å². The van der Waals surface area contributed by atoms with E-state index in [1.165, 1.54) is 6.42 Å². The number of carbonyl (C=O) groups excluding carboxylic acids is 2. The van der Waals surface area contributed by atoms with Crippen molar-refractivity contribution in [2.45, 2.75) is 25.8 Å². The van der Waals surface area contributed by atoms with Gasteiger partial charge in [0.1, 0.15) is 5.75 Å². The molecule has 29 heavy (non-hydrogen) atoms. The summed E-state index contributed by atoms with van der Waals surface area (Å²) in [5.74, 6) is -0.0707. The summed E-state index contributed by atoms with van der Waals surface area (Å²) in [4.78, 5) is 27.2. The van der Waals surface area contributed by atoms with Crippen LogP contribution in [0.3, 0.4) is 0 Å². The van der Waals surface area contributed by atoms with Gasteiger partial charge in [-0.3, -0.25) is 14.5 Å². The highest BCUT2D eigenvalue weighted by Gasteiger charge is 2.24. The number of carbonyl (C=O) groups is 2. The van der Waals surface area contributed by atoms with Crippen molar-refractivity contribution in [3.63, 3.8) is 0 Å². The summed E-state index contributed by atoms with van der Waals surface area (Å²) < 4.78 is 6.57. The van der Waals surface area contributed by atoms with E-state index >= 15 is 0 Å². The van der Waals surface area contributed by atoms with Crippen molar-refractivity contribution in [2.24, 2.45) is 0 Å². The number of anilines is 1. The molecule has 2 N–H and O–H groups in total. The molecule has 2 amide bonds. The number of likely N-dealkylation sites (tertiary alicyclic amines) is 1. The van der Waals surface area contributed by atoms with Gasteiger partial charge in [0, 0.05) is 22.7 Å². The van der Waals surface area contributed by atoms with Crippen LogP contribution in [-0.4, -0.2) is 49.0 Å². The lowest BCUT2D eigenvalue weighted by atomic mass is 10.1. The molecule has 7 heteroatoms. The van der Waals surface area contributed by atoms with Gasteiger partial charge in [0.05, 0.1) is 5.56 Å². The highest BCUT2D eigenvalue weighted by atomic mass is 79.9. The van der Waals surface area contributed by atoms with Crippen LogP contribution in [0.15, 0.2) is 53.0 Å². The lowest BCUT2D eigenvalue weighted by Gasteiger charge is -2.23. The van der Waals surface area contributed by atoms with Gasteiger partial charge in [0.2, 0.25) is 0 Å². The summed E-state index contributed by atoms with van der Waals surface area (Å²) in [6.45, 7) is 4.66. The smallest absolute Gasteiger partial charge is 0.262 e. The van der Waals surface area contributed by atoms with Crippen molar-refractivity contribution < 1.29 is 14.3 Å². The molecule has 0 radical (unpaired) electrons. The number of hydrogen-bond donors (Lipinski definition) is 2. The second-order valence-electron chi connectivity index (χ2n) is 6.97. The van der Waals surface area contributed by atoms with E-state index in [1.54, 1.807) is 36.4 Å². The second kappa shape index (κ2) is 10.4. The fraction of sp³-hybridized carbons (Fsp3) is 0.364. The zero-order valence-electron chi connectivity index (χ0n) is 16.5. The molecular weight excluding hydrogens is 434 g/mol. The van der Waals surface area contributed by atoms with Crippen LogP contribution in [0.2, 0.25) is 0 Å². The van der Waals surface area contributed by atoms with Crippen LogP contribution in [-0.2, 0) is 4.79 Å². The number of halogens is 1. The van der Waals surface area contributed by atoms with Crippen molar-refractivity contribution in [1.29, 1.82) is 0 Å². The number of para-hydroxylation sites is 1. The Balaban J connectivity index is 1.54. The van der Waals surface area contributed by atoms with Gasteiger partial charge in [0.25, 0.3) is 11.8 Å². The average Bonchev–Trinajstić information content (AvgIpc) is 3.20. The third kappa shape index (κ3) is 6.05. The topological polar surface area (TPSA) is 70.7 Å². The van der Waals surface area contributed by atoms with Gasteiger partial charge in [-0.05, 0) is 62.3 Å². The Morgan fingerprint density at radius 3 is 2.69 bits per heavy atom. The molecule has 0 bridgehead atoms. The third-order valence-electron chi connectivity index (χ3n) is 5.02. The molecule has 3 rings (SSSR count). The molecule has 0 aromatic heterocycles. The van der Waals surface area contributed by atoms with Gasteiger partial charge in [-0.25, -0.2) is 0 Å². The van der Waals surface area contributed by atoms with Crippen LogP contribution in [0, 0.1) is 0 Å². The monoisotopic (exact) mass is 459 g/mol. The first kappa shape index (κ1) is 21.3. The van der Waals surface area contributed by atoms with Gasteiger partial charge in [-0.15, -0.1) is 0 Å². The minimum atomic E-state index is -0.285. The molecule has 0 aliphatic carbocycles. The third-order valence-corrected chi connectivity index (χ3v) is 5.55. The zero-order valence-corrected chi connectivity index (χ0v) is 18.1. The first-order valence-corrected chi connectivity index (χ1v) is 10.7. The SMILES string of the molecule is CCN1CCCC1CNC(=O)c1ccccc1OCC(=O)Nc1ccc(Br)cc1. The predicted octanol–water partition coefficient (Wildman–Crippen LogP) is 3.68. The highest BCUT2D eigenvalue weighted by Crippen LogP contribution is 2.20. The van der Waals surface area contributed by atoms with Gasteiger partial charge >= 0.3 is 0 Å². The Morgan fingerprint density at radius 1 is 1.17 bits per heavy atom. The van der Waals surface area contributed by atoms with E-state index in [-0.39, 0.29) is 18.4 Å². The fourth-order valence-corrected chi connectivity index (χ4v) is 3.77. The summed E-state index contributed by atoms with van der Waals surface area (Å²) >= 11 is 3.36. The quantitative estimate of drug-likeness (QED) is 0.631. The first-order valence-electron chi connectivity index (χ1n) is 9.86. The number of ether oxygens (including phenoxy) is 1. The number of nitrogens with zero attached hydrogens (tertiary/aromatic N) is 1. The molecule has 154 valence electrons. The van der Waals surface area contributed by atoms with Crippen LogP contribution >= 0.6 is 15.9 Å². The molecule has 0 spiro atoms. The van der Waals surface area contributed by atoms with Gasteiger partial charge < -0.3 is 15.4 Å². The van der Waals surface area contributed by atoms with E-state index in [4.69, 9.17) is 4.74 Å². The van der Waals surface area contributed by atoms with E-state index in [0.717, 1.165) is 24.0 Å². The molecule has 1 heterocycles. The summed E-state index contributed by atoms with van der Waals surface area (Å²) in [7, 11) is 0. The Bertz CT molecular complexity index is 841. The maximum atomic E-state index is 12.7. The molecule has 1 aliphatic heterocycles. The van der Waals surface area contributed by atoms with Gasteiger partial charge in [-0.2, -0.15) is 0 Å². The summed E-state index contributed by atoms with van der Waals surface area (Å²) in [6, 6.07) is 14.7. The average molecular weight is 460 g/mol. The molecule has 1 atom stereocenters. The molecule has 6 nitrogen and oxygen atoms in total. The highest BCUT2D eigenvalue weighted by molar-refractivity contribution is 9.10. The maximum Gasteiger partial charge on any atom is 0.262 e. The van der Waals surface area contributed by atoms with E-state index in [2.05, 4.69) is 38.4 Å². The molecule has 0 saturated carbocycles. The lowest BCUT2D eigenvalue weighted by Crippen LogP contribution is -2.40. The van der Waals surface area contributed by atoms with Crippen LogP contribution < -0.4 is 15.4 Å². The molecule has 1 saturated heterocycles. The number of amides is 2. The minimum absolute atomic E-state index is 0.174. The fourth-order valence-electron chi connectivity index (χ4n) is 3.50. The standard InChI is InChI=1S/C22H26BrN3O3/c1-2-26-13-5-6-18(26)14-24-22(28)19-7-3-4-8-20(19)29-15-21(27)25-17-11-9-16(23)10-12-17/h3-4,7-12,18H,2,5-6,13-15H2,1H3,(H,24,28)(H,25,27). The molecular formula is C22H26BrN3O3. The van der Waals surface area contributed by atoms with Gasteiger partial charge in [-0.1, -0.05) is 35.0 Å². The second-order valence-corrected chi connectivity index (χ2v) is 7.89. The van der Waals surface area contributed by atoms with Crippen molar-refractivity contribution in [3.05, 3.63) is 58.6 Å². The van der Waals surface area contributed by atoms with Crippen molar-refractivity contribution in [2.75, 3.05) is 31.6 Å². The van der Waals surface area contributed by atoms with Crippen molar-refractivity contribution in [1.82, 2.24) is 10.2 Å². The maximum absolute atomic E-state index is 12.7. The molecule has 2 aromatic rings.